The minimum absolute atomic E-state index is 0.0859. The third kappa shape index (κ3) is 1.24. The molecule has 0 aliphatic heterocycles. The molecule has 0 atom stereocenters. The molecule has 0 fully saturated rings. The highest BCUT2D eigenvalue weighted by Crippen LogP contribution is 2.31. The quantitative estimate of drug-likeness (QED) is 0.725. The molecule has 0 saturated carbocycles. The topological polar surface area (TPSA) is 27.1 Å². The van der Waals surface area contributed by atoms with Crippen LogP contribution in [-0.4, -0.2) is 16.6 Å². The van der Waals surface area contributed by atoms with Gasteiger partial charge in [0.05, 0.1) is 16.7 Å². The SMILES string of the molecule is [2H]C([2H])([2H])Oc1c(Cl)ncc2ccn(C([2H])([2H])C([2H])([2H])[2H])c12. The number of rotatable bonds is 2. The molecule has 0 bridgehead atoms. The van der Waals surface area contributed by atoms with Crippen LogP contribution in [0.4, 0.5) is 0 Å². The molecule has 0 saturated heterocycles. The predicted molar refractivity (Wildman–Crippen MR) is 57.0 cm³/mol. The first-order valence-electron chi connectivity index (χ1n) is 7.70. The molecule has 0 unspecified atom stereocenters. The third-order valence-electron chi connectivity index (χ3n) is 1.86. The Labute approximate surface area is 98.5 Å². The van der Waals surface area contributed by atoms with Crippen molar-refractivity contribution in [1.29, 1.82) is 0 Å². The van der Waals surface area contributed by atoms with Crippen molar-refractivity contribution in [3.05, 3.63) is 23.6 Å². The number of hydrogen-bond acceptors (Lipinski definition) is 2. The van der Waals surface area contributed by atoms with Crippen molar-refractivity contribution in [2.45, 2.75) is 13.3 Å². The van der Waals surface area contributed by atoms with Crippen LogP contribution in [0.1, 0.15) is 17.8 Å². The highest BCUT2D eigenvalue weighted by Gasteiger charge is 2.11. The maximum absolute atomic E-state index is 7.82. The first kappa shape index (κ1) is 3.74. The highest BCUT2D eigenvalue weighted by molar-refractivity contribution is 6.31. The van der Waals surface area contributed by atoms with Gasteiger partial charge in [-0.3, -0.25) is 0 Å². The minimum Gasteiger partial charge on any atom is -0.491 e. The number of pyridine rings is 1. The van der Waals surface area contributed by atoms with Gasteiger partial charge < -0.3 is 9.30 Å². The van der Waals surface area contributed by atoms with E-state index in [4.69, 9.17) is 27.3 Å². The van der Waals surface area contributed by atoms with E-state index in [1.54, 1.807) is 0 Å². The van der Waals surface area contributed by atoms with E-state index in [1.807, 2.05) is 0 Å². The maximum Gasteiger partial charge on any atom is 0.180 e. The summed E-state index contributed by atoms with van der Waals surface area (Å²) < 4.78 is 64.7. The summed E-state index contributed by atoms with van der Waals surface area (Å²) in [7, 11) is -2.85. The van der Waals surface area contributed by atoms with Crippen molar-refractivity contribution in [1.82, 2.24) is 9.55 Å². The molecule has 0 spiro atoms. The molecule has 4 heteroatoms. The molecule has 0 N–H and O–H groups in total. The molecule has 2 aromatic rings. The number of methoxy groups -OCH3 is 1. The Balaban J connectivity index is 2.76. The van der Waals surface area contributed by atoms with E-state index >= 15 is 0 Å². The molecule has 0 aromatic carbocycles. The van der Waals surface area contributed by atoms with Crippen molar-refractivity contribution < 1.29 is 15.7 Å². The lowest BCUT2D eigenvalue weighted by molar-refractivity contribution is 0.416. The summed E-state index contributed by atoms with van der Waals surface area (Å²) in [6, 6.07) is 1.40. The van der Waals surface area contributed by atoms with E-state index in [1.165, 1.54) is 18.5 Å². The second-order valence-electron chi connectivity index (χ2n) is 2.58. The largest absolute Gasteiger partial charge is 0.491 e. The second kappa shape index (κ2) is 3.50. The fourth-order valence-electron chi connectivity index (χ4n) is 1.26. The lowest BCUT2D eigenvalue weighted by Crippen LogP contribution is -1.95. The van der Waals surface area contributed by atoms with Crippen molar-refractivity contribution >= 4 is 22.5 Å². The lowest BCUT2D eigenvalue weighted by Gasteiger charge is -2.07. The smallest absolute Gasteiger partial charge is 0.180 e. The van der Waals surface area contributed by atoms with Gasteiger partial charge in [0.25, 0.3) is 0 Å². The van der Waals surface area contributed by atoms with Gasteiger partial charge in [0.15, 0.2) is 10.9 Å². The molecule has 0 aliphatic carbocycles. The normalized spacial score (nSPS) is 22.1. The number of ether oxygens (including phenoxy) is 1. The van der Waals surface area contributed by atoms with Crippen LogP contribution in [0.5, 0.6) is 5.75 Å². The first-order valence-corrected chi connectivity index (χ1v) is 4.07. The van der Waals surface area contributed by atoms with E-state index in [0.717, 1.165) is 4.57 Å². The van der Waals surface area contributed by atoms with Crippen LogP contribution < -0.4 is 4.74 Å². The Morgan fingerprint density at radius 1 is 1.79 bits per heavy atom. The molecule has 2 aromatic heterocycles. The molecule has 14 heavy (non-hydrogen) atoms. The van der Waals surface area contributed by atoms with Crippen molar-refractivity contribution in [3.63, 3.8) is 0 Å². The Kier molecular flexibility index (Phi) is 0.934. The number of aryl methyl sites for hydroxylation is 1. The summed E-state index contributed by atoms with van der Waals surface area (Å²) in [4.78, 5) is 3.76. The van der Waals surface area contributed by atoms with Gasteiger partial charge in [0.2, 0.25) is 0 Å². The molecule has 0 radical (unpaired) electrons. The summed E-state index contributed by atoms with van der Waals surface area (Å²) in [6.45, 7) is -5.77. The predicted octanol–water partition coefficient (Wildman–Crippen LogP) is 2.72. The zero-order chi connectivity index (χ0) is 16.9. The fraction of sp³-hybridized carbons (Fsp3) is 0.300. The maximum atomic E-state index is 7.82. The van der Waals surface area contributed by atoms with Crippen LogP contribution in [0.25, 0.3) is 10.9 Å². The van der Waals surface area contributed by atoms with E-state index in [-0.39, 0.29) is 10.7 Å². The summed E-state index contributed by atoms with van der Waals surface area (Å²) in [5.41, 5.74) is -0.0859. The fourth-order valence-corrected chi connectivity index (χ4v) is 1.44. The average Bonchev–Trinajstić information content (AvgIpc) is 2.74. The molecule has 3 nitrogen and oxygen atoms in total. The Bertz CT molecular complexity index is 705. The van der Waals surface area contributed by atoms with Crippen LogP contribution >= 0.6 is 11.6 Å². The van der Waals surface area contributed by atoms with Gasteiger partial charge in [-0.1, -0.05) is 11.6 Å². The van der Waals surface area contributed by atoms with Crippen molar-refractivity contribution in [2.24, 2.45) is 0 Å². The van der Waals surface area contributed by atoms with Crippen LogP contribution in [0.2, 0.25) is 5.15 Å². The van der Waals surface area contributed by atoms with E-state index in [9.17, 15) is 0 Å². The monoisotopic (exact) mass is 218 g/mol. The number of aromatic nitrogens is 2. The van der Waals surface area contributed by atoms with Crippen LogP contribution in [0.15, 0.2) is 18.5 Å². The number of nitrogens with zero attached hydrogens (tertiary/aromatic N) is 2. The minimum atomic E-state index is -2.98. The van der Waals surface area contributed by atoms with Gasteiger partial charge in [0.1, 0.15) is 0 Å². The molecule has 74 valence electrons. The second-order valence-corrected chi connectivity index (χ2v) is 2.94. The van der Waals surface area contributed by atoms with Gasteiger partial charge in [-0.05, 0) is 12.9 Å². The van der Waals surface area contributed by atoms with Crippen LogP contribution in [0, 0.1) is 0 Å². The molecular formula is C10H11ClN2O. The van der Waals surface area contributed by atoms with E-state index < -0.39 is 26.1 Å². The summed E-state index contributed by atoms with van der Waals surface area (Å²) in [5.74, 6) is -0.391. The van der Waals surface area contributed by atoms with E-state index in [0.29, 0.717) is 5.39 Å². The van der Waals surface area contributed by atoms with Crippen LogP contribution in [-0.2, 0) is 6.50 Å². The van der Waals surface area contributed by atoms with Gasteiger partial charge in [-0.2, -0.15) is 0 Å². The van der Waals surface area contributed by atoms with Gasteiger partial charge in [-0.15, -0.1) is 0 Å². The van der Waals surface area contributed by atoms with Crippen molar-refractivity contribution in [3.8, 4) is 5.75 Å². The van der Waals surface area contributed by atoms with Gasteiger partial charge >= 0.3 is 0 Å². The molecular weight excluding hydrogens is 200 g/mol. The Morgan fingerprint density at radius 2 is 2.71 bits per heavy atom. The van der Waals surface area contributed by atoms with E-state index in [2.05, 4.69) is 4.98 Å². The van der Waals surface area contributed by atoms with Gasteiger partial charge in [-0.25, -0.2) is 4.98 Å². The number of fused-ring (bicyclic) bond motifs is 1. The lowest BCUT2D eigenvalue weighted by atomic mass is 10.3. The summed E-state index contributed by atoms with van der Waals surface area (Å²) in [6.07, 6.45) is 2.46. The molecule has 0 aliphatic rings. The highest BCUT2D eigenvalue weighted by atomic mass is 35.5. The number of halogens is 1. The standard InChI is InChI=1S/C10H11ClN2O/c1-3-13-5-4-7-6-12-10(11)9(14-2)8(7)13/h4-6H,3H2,1-2H3/i1D3,2D3,3D2. The zero-order valence-corrected chi connectivity index (χ0v) is 7.67. The third-order valence-corrected chi connectivity index (χ3v) is 2.13. The Hall–Kier alpha value is -1.22. The molecule has 2 heterocycles. The zero-order valence-electron chi connectivity index (χ0n) is 14.9. The molecule has 2 rings (SSSR count). The van der Waals surface area contributed by atoms with Crippen LogP contribution in [0.3, 0.4) is 0 Å². The average molecular weight is 219 g/mol. The summed E-state index contributed by atoms with van der Waals surface area (Å²) >= 11 is 5.84. The number of hydrogen-bond donors (Lipinski definition) is 0. The van der Waals surface area contributed by atoms with Gasteiger partial charge in [0, 0.05) is 31.1 Å². The Morgan fingerprint density at radius 3 is 3.50 bits per heavy atom. The summed E-state index contributed by atoms with van der Waals surface area (Å²) in [5, 5.41) is 0.00157. The molecule has 0 amide bonds. The first-order chi connectivity index (χ1) is 9.84. The van der Waals surface area contributed by atoms with Crippen molar-refractivity contribution in [2.75, 3.05) is 7.04 Å².